The summed E-state index contributed by atoms with van der Waals surface area (Å²) in [5.74, 6) is -0.0755. The lowest BCUT2D eigenvalue weighted by molar-refractivity contribution is -0.122. The van der Waals surface area contributed by atoms with Gasteiger partial charge in [0.2, 0.25) is 5.91 Å². The Balaban J connectivity index is 2.73. The maximum Gasteiger partial charge on any atom is 0.234 e. The molecule has 0 heterocycles. The van der Waals surface area contributed by atoms with Crippen LogP contribution in [0.15, 0.2) is 24.3 Å². The van der Waals surface area contributed by atoms with E-state index in [2.05, 4.69) is 5.32 Å². The fourth-order valence-corrected chi connectivity index (χ4v) is 2.22. The van der Waals surface area contributed by atoms with Crippen LogP contribution in [-0.2, 0) is 4.79 Å². The first-order chi connectivity index (χ1) is 9.85. The molecule has 1 atom stereocenters. The van der Waals surface area contributed by atoms with Crippen molar-refractivity contribution in [2.75, 3.05) is 13.1 Å². The molecule has 0 aromatic heterocycles. The van der Waals surface area contributed by atoms with Crippen molar-refractivity contribution in [1.82, 2.24) is 10.2 Å². The molecule has 1 rings (SSSR count). The molecular formula is C16H23ClN2O2. The lowest BCUT2D eigenvalue weighted by atomic mass is 10.0. The number of carbonyl (C=O) groups excluding carboxylic acids is 2. The lowest BCUT2D eigenvalue weighted by Crippen LogP contribution is -2.46. The van der Waals surface area contributed by atoms with Crippen LogP contribution in [0, 0.1) is 0 Å². The highest BCUT2D eigenvalue weighted by molar-refractivity contribution is 6.30. The Hall–Kier alpha value is -1.39. The van der Waals surface area contributed by atoms with Crippen LogP contribution in [0.4, 0.5) is 0 Å². The highest BCUT2D eigenvalue weighted by Crippen LogP contribution is 2.13. The SMILES string of the molecule is CCN(CC(=O)NC(C)C)C(C)C(=O)c1ccc(Cl)cc1. The van der Waals surface area contributed by atoms with E-state index in [1.165, 1.54) is 0 Å². The minimum Gasteiger partial charge on any atom is -0.353 e. The molecule has 1 aromatic carbocycles. The summed E-state index contributed by atoms with van der Waals surface area (Å²) in [5, 5.41) is 3.44. The molecule has 21 heavy (non-hydrogen) atoms. The highest BCUT2D eigenvalue weighted by Gasteiger charge is 2.23. The van der Waals surface area contributed by atoms with E-state index in [9.17, 15) is 9.59 Å². The molecule has 0 aliphatic heterocycles. The number of benzene rings is 1. The van der Waals surface area contributed by atoms with Gasteiger partial charge in [0.25, 0.3) is 0 Å². The number of amides is 1. The van der Waals surface area contributed by atoms with Crippen LogP contribution in [0.2, 0.25) is 5.02 Å². The Labute approximate surface area is 131 Å². The van der Waals surface area contributed by atoms with E-state index >= 15 is 0 Å². The molecule has 0 spiro atoms. The van der Waals surface area contributed by atoms with Crippen LogP contribution in [0.3, 0.4) is 0 Å². The number of ketones is 1. The molecule has 0 aliphatic carbocycles. The number of Topliss-reactive ketones (excluding diaryl/α,β-unsaturated/α-hetero) is 1. The predicted octanol–water partition coefficient (Wildman–Crippen LogP) is 2.76. The molecule has 1 aromatic rings. The van der Waals surface area contributed by atoms with E-state index < -0.39 is 0 Å². The van der Waals surface area contributed by atoms with Crippen molar-refractivity contribution in [3.05, 3.63) is 34.9 Å². The molecule has 5 heteroatoms. The number of carbonyl (C=O) groups is 2. The molecule has 1 N–H and O–H groups in total. The second-order valence-electron chi connectivity index (χ2n) is 5.33. The van der Waals surface area contributed by atoms with Crippen molar-refractivity contribution in [3.63, 3.8) is 0 Å². The molecule has 0 fully saturated rings. The third-order valence-corrected chi connectivity index (χ3v) is 3.51. The highest BCUT2D eigenvalue weighted by atomic mass is 35.5. The van der Waals surface area contributed by atoms with Gasteiger partial charge in [-0.15, -0.1) is 0 Å². The van der Waals surface area contributed by atoms with E-state index in [0.717, 1.165) is 0 Å². The number of nitrogens with one attached hydrogen (secondary N) is 1. The smallest absolute Gasteiger partial charge is 0.234 e. The summed E-state index contributed by atoms with van der Waals surface area (Å²) in [4.78, 5) is 26.1. The van der Waals surface area contributed by atoms with Gasteiger partial charge in [-0.3, -0.25) is 14.5 Å². The van der Waals surface area contributed by atoms with Crippen LogP contribution in [-0.4, -0.2) is 41.8 Å². The molecule has 0 saturated carbocycles. The molecule has 1 unspecified atom stereocenters. The Morgan fingerprint density at radius 1 is 1.19 bits per heavy atom. The van der Waals surface area contributed by atoms with E-state index in [-0.39, 0.29) is 30.3 Å². The van der Waals surface area contributed by atoms with Crippen LogP contribution >= 0.6 is 11.6 Å². The quantitative estimate of drug-likeness (QED) is 0.788. The Morgan fingerprint density at radius 3 is 2.24 bits per heavy atom. The average Bonchev–Trinajstić information content (AvgIpc) is 2.43. The maximum atomic E-state index is 12.4. The number of rotatable bonds is 7. The predicted molar refractivity (Wildman–Crippen MR) is 85.8 cm³/mol. The maximum absolute atomic E-state index is 12.4. The Kier molecular flexibility index (Phi) is 6.85. The zero-order chi connectivity index (χ0) is 16.0. The topological polar surface area (TPSA) is 49.4 Å². The number of hydrogen-bond acceptors (Lipinski definition) is 3. The van der Waals surface area contributed by atoms with Crippen molar-refractivity contribution >= 4 is 23.3 Å². The van der Waals surface area contributed by atoms with Gasteiger partial charge in [-0.05, 0) is 51.6 Å². The first kappa shape index (κ1) is 17.7. The third-order valence-electron chi connectivity index (χ3n) is 3.26. The van der Waals surface area contributed by atoms with E-state index in [0.29, 0.717) is 17.1 Å². The lowest BCUT2D eigenvalue weighted by Gasteiger charge is -2.26. The van der Waals surface area contributed by atoms with Gasteiger partial charge in [0.1, 0.15) is 0 Å². The Bertz CT molecular complexity index is 486. The van der Waals surface area contributed by atoms with E-state index in [4.69, 9.17) is 11.6 Å². The van der Waals surface area contributed by atoms with Crippen LogP contribution in [0.5, 0.6) is 0 Å². The van der Waals surface area contributed by atoms with Crippen molar-refractivity contribution in [2.45, 2.75) is 39.8 Å². The summed E-state index contributed by atoms with van der Waals surface area (Å²) in [6.45, 7) is 8.44. The van der Waals surface area contributed by atoms with Gasteiger partial charge < -0.3 is 5.32 Å². The first-order valence-electron chi connectivity index (χ1n) is 7.18. The van der Waals surface area contributed by atoms with Gasteiger partial charge in [-0.2, -0.15) is 0 Å². The van der Waals surface area contributed by atoms with Crippen molar-refractivity contribution in [3.8, 4) is 0 Å². The molecule has 4 nitrogen and oxygen atoms in total. The summed E-state index contributed by atoms with van der Waals surface area (Å²) in [6.07, 6.45) is 0. The summed E-state index contributed by atoms with van der Waals surface area (Å²) in [5.41, 5.74) is 0.606. The summed E-state index contributed by atoms with van der Waals surface area (Å²) >= 11 is 5.83. The van der Waals surface area contributed by atoms with Crippen LogP contribution in [0.25, 0.3) is 0 Å². The fourth-order valence-electron chi connectivity index (χ4n) is 2.10. The number of halogens is 1. The van der Waals surface area contributed by atoms with Crippen molar-refractivity contribution in [1.29, 1.82) is 0 Å². The second kappa shape index (κ2) is 8.15. The monoisotopic (exact) mass is 310 g/mol. The molecule has 1 amide bonds. The van der Waals surface area contributed by atoms with Crippen molar-refractivity contribution < 1.29 is 9.59 Å². The van der Waals surface area contributed by atoms with Gasteiger partial charge in [-0.1, -0.05) is 18.5 Å². The van der Waals surface area contributed by atoms with E-state index in [1.54, 1.807) is 24.3 Å². The second-order valence-corrected chi connectivity index (χ2v) is 5.77. The number of hydrogen-bond donors (Lipinski definition) is 1. The van der Waals surface area contributed by atoms with Crippen LogP contribution in [0.1, 0.15) is 38.1 Å². The Morgan fingerprint density at radius 2 is 1.76 bits per heavy atom. The normalized spacial score (nSPS) is 12.5. The van der Waals surface area contributed by atoms with Gasteiger partial charge in [-0.25, -0.2) is 0 Å². The van der Waals surface area contributed by atoms with Gasteiger partial charge in [0.15, 0.2) is 5.78 Å². The first-order valence-corrected chi connectivity index (χ1v) is 7.56. The molecule has 0 bridgehead atoms. The minimum absolute atomic E-state index is 0.00846. The fraction of sp³-hybridized carbons (Fsp3) is 0.500. The van der Waals surface area contributed by atoms with Crippen molar-refractivity contribution in [2.24, 2.45) is 0 Å². The third kappa shape index (κ3) is 5.48. The molecule has 116 valence electrons. The summed E-state index contributed by atoms with van der Waals surface area (Å²) < 4.78 is 0. The van der Waals surface area contributed by atoms with Crippen LogP contribution < -0.4 is 5.32 Å². The zero-order valence-electron chi connectivity index (χ0n) is 13.0. The standard InChI is InChI=1S/C16H23ClN2O2/c1-5-19(10-15(20)18-11(2)3)12(4)16(21)13-6-8-14(17)9-7-13/h6-9,11-12H,5,10H2,1-4H3,(H,18,20). The summed E-state index contributed by atoms with van der Waals surface area (Å²) in [7, 11) is 0. The number of likely N-dealkylation sites (N-methyl/N-ethyl adjacent to an activating group) is 1. The minimum atomic E-state index is -0.353. The molecule has 0 radical (unpaired) electrons. The largest absolute Gasteiger partial charge is 0.353 e. The number of nitrogens with zero attached hydrogens (tertiary/aromatic N) is 1. The van der Waals surface area contributed by atoms with Gasteiger partial charge in [0, 0.05) is 16.6 Å². The summed E-state index contributed by atoms with van der Waals surface area (Å²) in [6, 6.07) is 6.56. The van der Waals surface area contributed by atoms with E-state index in [1.807, 2.05) is 32.6 Å². The molecular weight excluding hydrogens is 288 g/mol. The zero-order valence-corrected chi connectivity index (χ0v) is 13.8. The molecule has 0 saturated heterocycles. The molecule has 0 aliphatic rings. The average molecular weight is 311 g/mol. The van der Waals surface area contributed by atoms with Gasteiger partial charge >= 0.3 is 0 Å². The van der Waals surface area contributed by atoms with Gasteiger partial charge in [0.05, 0.1) is 12.6 Å².